The minimum Gasteiger partial charge on any atom is -0.504 e. The summed E-state index contributed by atoms with van der Waals surface area (Å²) in [5, 5.41) is 25.1. The summed E-state index contributed by atoms with van der Waals surface area (Å²) in [4.78, 5) is 10.8. The molecule has 1 aromatic carbocycles. The van der Waals surface area contributed by atoms with Crippen LogP contribution in [0.25, 0.3) is 11.3 Å². The SMILES string of the molecule is COc1c(O)cc(C)c(-c2cc(C(=O)O)[nH]n2)c1Cl. The minimum absolute atomic E-state index is 0.0440. The van der Waals surface area contributed by atoms with E-state index >= 15 is 0 Å². The number of benzene rings is 1. The van der Waals surface area contributed by atoms with Gasteiger partial charge in [-0.1, -0.05) is 11.6 Å². The minimum atomic E-state index is -1.11. The molecular formula is C12H11ClN2O4. The fourth-order valence-corrected chi connectivity index (χ4v) is 2.23. The number of carbonyl (C=O) groups is 1. The third-order valence-electron chi connectivity index (χ3n) is 2.67. The number of methoxy groups -OCH3 is 1. The zero-order valence-electron chi connectivity index (χ0n) is 10.2. The number of aromatic amines is 1. The van der Waals surface area contributed by atoms with Gasteiger partial charge in [0.05, 0.1) is 17.8 Å². The van der Waals surface area contributed by atoms with Gasteiger partial charge in [-0.2, -0.15) is 5.10 Å². The molecule has 0 spiro atoms. The lowest BCUT2D eigenvalue weighted by Gasteiger charge is -2.11. The van der Waals surface area contributed by atoms with Crippen LogP contribution in [0, 0.1) is 6.92 Å². The maximum absolute atomic E-state index is 10.8. The van der Waals surface area contributed by atoms with E-state index in [2.05, 4.69) is 10.2 Å². The van der Waals surface area contributed by atoms with Gasteiger partial charge in [0.2, 0.25) is 0 Å². The summed E-state index contributed by atoms with van der Waals surface area (Å²) >= 11 is 6.16. The summed E-state index contributed by atoms with van der Waals surface area (Å²) in [7, 11) is 1.38. The van der Waals surface area contributed by atoms with Gasteiger partial charge in [-0.25, -0.2) is 4.79 Å². The second-order valence-electron chi connectivity index (χ2n) is 3.91. The molecule has 6 nitrogen and oxygen atoms in total. The standard InChI is InChI=1S/C12H11ClN2O4/c1-5-3-8(16)11(19-2)10(13)9(5)6-4-7(12(17)18)15-14-6/h3-4,16H,1-2H3,(H,14,15)(H,17,18). The van der Waals surface area contributed by atoms with Crippen LogP contribution in [0.5, 0.6) is 11.5 Å². The first kappa shape index (κ1) is 13.2. The number of halogens is 1. The number of hydrogen-bond acceptors (Lipinski definition) is 4. The number of carboxylic acid groups (broad SMARTS) is 1. The normalized spacial score (nSPS) is 10.5. The molecule has 0 saturated heterocycles. The molecule has 0 unspecified atom stereocenters. The number of phenolic OH excluding ortho intramolecular Hbond substituents is 1. The molecule has 0 aliphatic heterocycles. The van der Waals surface area contributed by atoms with Crippen molar-refractivity contribution in [2.24, 2.45) is 0 Å². The molecule has 0 bridgehead atoms. The van der Waals surface area contributed by atoms with Gasteiger partial charge in [-0.15, -0.1) is 0 Å². The molecular weight excluding hydrogens is 272 g/mol. The maximum atomic E-state index is 10.8. The fraction of sp³-hybridized carbons (Fsp3) is 0.167. The van der Waals surface area contributed by atoms with Gasteiger partial charge in [-0.3, -0.25) is 5.10 Å². The van der Waals surface area contributed by atoms with Gasteiger partial charge < -0.3 is 14.9 Å². The highest BCUT2D eigenvalue weighted by atomic mass is 35.5. The van der Waals surface area contributed by atoms with Crippen molar-refractivity contribution in [3.05, 3.63) is 28.4 Å². The Labute approximate surface area is 113 Å². The number of aromatic carboxylic acids is 1. The van der Waals surface area contributed by atoms with Crippen molar-refractivity contribution in [2.75, 3.05) is 7.11 Å². The van der Waals surface area contributed by atoms with Crippen molar-refractivity contribution in [3.63, 3.8) is 0 Å². The predicted molar refractivity (Wildman–Crippen MR) is 68.9 cm³/mol. The van der Waals surface area contributed by atoms with Crippen molar-refractivity contribution in [2.45, 2.75) is 6.92 Å². The Kier molecular flexibility index (Phi) is 3.35. The summed E-state index contributed by atoms with van der Waals surface area (Å²) in [5.74, 6) is -1.07. The third kappa shape index (κ3) is 2.22. The Hall–Kier alpha value is -2.21. The molecule has 0 saturated carbocycles. The summed E-state index contributed by atoms with van der Waals surface area (Å²) in [6.07, 6.45) is 0. The number of carboxylic acids is 1. The zero-order valence-corrected chi connectivity index (χ0v) is 10.9. The lowest BCUT2D eigenvalue weighted by molar-refractivity contribution is 0.0690. The summed E-state index contributed by atoms with van der Waals surface area (Å²) < 4.78 is 5.01. The number of nitrogens with one attached hydrogen (secondary N) is 1. The average molecular weight is 283 g/mol. The van der Waals surface area contributed by atoms with E-state index in [-0.39, 0.29) is 22.2 Å². The average Bonchev–Trinajstić information content (AvgIpc) is 2.78. The summed E-state index contributed by atoms with van der Waals surface area (Å²) in [5.41, 5.74) is 1.50. The Morgan fingerprint density at radius 2 is 2.16 bits per heavy atom. The van der Waals surface area contributed by atoms with Crippen LogP contribution in [0.3, 0.4) is 0 Å². The molecule has 3 N–H and O–H groups in total. The molecule has 0 radical (unpaired) electrons. The summed E-state index contributed by atoms with van der Waals surface area (Å²) in [6.45, 7) is 1.73. The Balaban J connectivity index is 2.64. The number of hydrogen-bond donors (Lipinski definition) is 3. The predicted octanol–water partition coefficient (Wildman–Crippen LogP) is 2.45. The molecule has 0 aliphatic carbocycles. The number of rotatable bonds is 3. The van der Waals surface area contributed by atoms with E-state index in [1.54, 1.807) is 6.92 Å². The number of nitrogens with zero attached hydrogens (tertiary/aromatic N) is 1. The van der Waals surface area contributed by atoms with Gasteiger partial charge in [0.15, 0.2) is 11.5 Å². The molecule has 2 rings (SSSR count). The van der Waals surface area contributed by atoms with Crippen molar-refractivity contribution in [1.82, 2.24) is 10.2 Å². The van der Waals surface area contributed by atoms with E-state index < -0.39 is 5.97 Å². The first-order valence-electron chi connectivity index (χ1n) is 5.30. The molecule has 0 atom stereocenters. The Morgan fingerprint density at radius 3 is 2.68 bits per heavy atom. The fourth-order valence-electron chi connectivity index (χ4n) is 1.81. The van der Waals surface area contributed by atoms with E-state index in [0.717, 1.165) is 0 Å². The smallest absolute Gasteiger partial charge is 0.353 e. The van der Waals surface area contributed by atoms with Crippen LogP contribution in [0.15, 0.2) is 12.1 Å². The van der Waals surface area contributed by atoms with Crippen molar-refractivity contribution in [3.8, 4) is 22.8 Å². The lowest BCUT2D eigenvalue weighted by atomic mass is 10.0. The molecule has 0 aliphatic rings. The summed E-state index contributed by atoms with van der Waals surface area (Å²) in [6, 6.07) is 2.85. The molecule has 19 heavy (non-hydrogen) atoms. The van der Waals surface area contributed by atoms with E-state index in [1.807, 2.05) is 0 Å². The van der Waals surface area contributed by atoms with Crippen LogP contribution < -0.4 is 4.74 Å². The topological polar surface area (TPSA) is 95.4 Å². The van der Waals surface area contributed by atoms with Crippen molar-refractivity contribution < 1.29 is 19.7 Å². The highest BCUT2D eigenvalue weighted by Crippen LogP contribution is 2.43. The quantitative estimate of drug-likeness (QED) is 0.803. The molecule has 0 fully saturated rings. The molecule has 0 amide bonds. The van der Waals surface area contributed by atoms with Gasteiger partial charge in [0.1, 0.15) is 5.69 Å². The van der Waals surface area contributed by atoms with E-state index in [1.165, 1.54) is 19.2 Å². The van der Waals surface area contributed by atoms with Crippen LogP contribution in [0.1, 0.15) is 16.1 Å². The highest BCUT2D eigenvalue weighted by molar-refractivity contribution is 6.35. The van der Waals surface area contributed by atoms with E-state index in [0.29, 0.717) is 16.8 Å². The van der Waals surface area contributed by atoms with E-state index in [9.17, 15) is 9.90 Å². The number of H-pyrrole nitrogens is 1. The van der Waals surface area contributed by atoms with Crippen LogP contribution in [0.2, 0.25) is 5.02 Å². The second kappa shape index (κ2) is 4.81. The second-order valence-corrected chi connectivity index (χ2v) is 4.28. The van der Waals surface area contributed by atoms with Crippen LogP contribution in [-0.2, 0) is 0 Å². The lowest BCUT2D eigenvalue weighted by Crippen LogP contribution is -1.95. The van der Waals surface area contributed by atoms with Crippen LogP contribution >= 0.6 is 11.6 Å². The van der Waals surface area contributed by atoms with Crippen LogP contribution in [0.4, 0.5) is 0 Å². The largest absolute Gasteiger partial charge is 0.504 e. The monoisotopic (exact) mass is 282 g/mol. The molecule has 1 aromatic heterocycles. The number of phenols is 1. The van der Waals surface area contributed by atoms with Gasteiger partial charge >= 0.3 is 5.97 Å². The number of aromatic nitrogens is 2. The first-order valence-corrected chi connectivity index (χ1v) is 5.68. The first-order chi connectivity index (χ1) is 8.95. The van der Waals surface area contributed by atoms with Crippen molar-refractivity contribution in [1.29, 1.82) is 0 Å². The highest BCUT2D eigenvalue weighted by Gasteiger charge is 2.19. The zero-order chi connectivity index (χ0) is 14.2. The third-order valence-corrected chi connectivity index (χ3v) is 3.03. The van der Waals surface area contributed by atoms with E-state index in [4.69, 9.17) is 21.4 Å². The number of ether oxygens (including phenoxy) is 1. The molecule has 2 aromatic rings. The maximum Gasteiger partial charge on any atom is 0.353 e. The molecule has 1 heterocycles. The van der Waals surface area contributed by atoms with Crippen LogP contribution in [-0.4, -0.2) is 33.5 Å². The number of aromatic hydroxyl groups is 1. The van der Waals surface area contributed by atoms with Gasteiger partial charge in [-0.05, 0) is 24.6 Å². The van der Waals surface area contributed by atoms with Gasteiger partial charge in [0, 0.05) is 5.56 Å². The van der Waals surface area contributed by atoms with Gasteiger partial charge in [0.25, 0.3) is 0 Å². The Morgan fingerprint density at radius 1 is 1.47 bits per heavy atom. The number of aryl methyl sites for hydroxylation is 1. The Bertz CT molecular complexity index is 651. The van der Waals surface area contributed by atoms with Crippen molar-refractivity contribution >= 4 is 17.6 Å². The molecule has 7 heteroatoms. The molecule has 100 valence electrons.